The van der Waals surface area contributed by atoms with Crippen molar-refractivity contribution in [3.05, 3.63) is 61.4 Å². The van der Waals surface area contributed by atoms with Crippen molar-refractivity contribution < 1.29 is 24.4 Å². The SMILES string of the molecule is COc1cc(Br)c[n+](N)c1.O=[N+]([O-])c1ccc(O)c([N+](=O)[O-])c1. The number of hydrogen-bond acceptors (Lipinski definition) is 7. The number of pyridine rings is 1. The van der Waals surface area contributed by atoms with Gasteiger partial charge in [-0.2, -0.15) is 0 Å². The fraction of sp³-hybridized carbons (Fsp3) is 0.0833. The van der Waals surface area contributed by atoms with Crippen molar-refractivity contribution in [3.8, 4) is 11.5 Å². The number of benzene rings is 1. The maximum absolute atomic E-state index is 10.2. The van der Waals surface area contributed by atoms with Crippen molar-refractivity contribution in [3.63, 3.8) is 0 Å². The lowest BCUT2D eigenvalue weighted by Gasteiger charge is -1.95. The zero-order valence-corrected chi connectivity index (χ0v) is 13.3. The van der Waals surface area contributed by atoms with Crippen molar-refractivity contribution in [1.82, 2.24) is 0 Å². The number of aromatic nitrogens is 1. The number of phenolic OH excluding ortho intramolecular Hbond substituents is 1. The summed E-state index contributed by atoms with van der Waals surface area (Å²) in [5.41, 5.74) is -1.10. The lowest BCUT2D eigenvalue weighted by molar-refractivity contribution is -0.639. The minimum Gasteiger partial charge on any atom is -0.502 e. The van der Waals surface area contributed by atoms with Gasteiger partial charge in [0.2, 0.25) is 12.4 Å². The van der Waals surface area contributed by atoms with E-state index in [0.717, 1.165) is 22.4 Å². The third-order valence-electron chi connectivity index (χ3n) is 2.43. The molecular weight excluding hydrogens is 376 g/mol. The van der Waals surface area contributed by atoms with E-state index in [4.69, 9.17) is 15.7 Å². The molecule has 0 saturated heterocycles. The molecular formula is C12H12BrN4O6+. The van der Waals surface area contributed by atoms with Crippen LogP contribution in [0.5, 0.6) is 11.5 Å². The molecule has 0 unspecified atom stereocenters. The quantitative estimate of drug-likeness (QED) is 0.352. The molecule has 122 valence electrons. The molecule has 2 rings (SSSR count). The van der Waals surface area contributed by atoms with Crippen molar-refractivity contribution in [2.45, 2.75) is 0 Å². The maximum atomic E-state index is 10.2. The third kappa shape index (κ3) is 5.39. The van der Waals surface area contributed by atoms with Gasteiger partial charge in [0, 0.05) is 12.1 Å². The van der Waals surface area contributed by atoms with E-state index in [1.165, 1.54) is 4.68 Å². The fourth-order valence-electron chi connectivity index (χ4n) is 1.42. The highest BCUT2D eigenvalue weighted by atomic mass is 79.9. The number of halogens is 1. The fourth-order valence-corrected chi connectivity index (χ4v) is 1.88. The van der Waals surface area contributed by atoms with E-state index >= 15 is 0 Å². The highest BCUT2D eigenvalue weighted by molar-refractivity contribution is 9.10. The van der Waals surface area contributed by atoms with Gasteiger partial charge in [-0.25, -0.2) is 5.84 Å². The van der Waals surface area contributed by atoms with E-state index in [0.29, 0.717) is 6.07 Å². The molecule has 11 heteroatoms. The highest BCUT2D eigenvalue weighted by Gasteiger charge is 2.18. The first-order chi connectivity index (χ1) is 10.7. The van der Waals surface area contributed by atoms with Crippen LogP contribution in [0, 0.1) is 20.2 Å². The first kappa shape index (κ1) is 18.1. The Hall–Kier alpha value is -2.95. The molecule has 2 aromatic rings. The number of rotatable bonds is 3. The van der Waals surface area contributed by atoms with Crippen LogP contribution in [0.4, 0.5) is 11.4 Å². The van der Waals surface area contributed by atoms with Crippen LogP contribution >= 0.6 is 15.9 Å². The topological polar surface area (TPSA) is 146 Å². The van der Waals surface area contributed by atoms with Crippen LogP contribution in [0.3, 0.4) is 0 Å². The number of nitro groups is 2. The Balaban J connectivity index is 0.000000238. The van der Waals surface area contributed by atoms with Crippen LogP contribution < -0.4 is 15.3 Å². The molecule has 0 radical (unpaired) electrons. The number of phenols is 1. The van der Waals surface area contributed by atoms with Gasteiger partial charge < -0.3 is 9.84 Å². The van der Waals surface area contributed by atoms with Crippen molar-refractivity contribution in [2.75, 3.05) is 13.0 Å². The van der Waals surface area contributed by atoms with Gasteiger partial charge in [0.15, 0.2) is 11.5 Å². The molecule has 0 aliphatic heterocycles. The van der Waals surface area contributed by atoms with Crippen LogP contribution in [0.2, 0.25) is 0 Å². The van der Waals surface area contributed by atoms with Gasteiger partial charge in [0.25, 0.3) is 5.69 Å². The predicted molar refractivity (Wildman–Crippen MR) is 82.5 cm³/mol. The first-order valence-corrected chi connectivity index (χ1v) is 6.66. The molecule has 1 aromatic heterocycles. The average Bonchev–Trinajstić information content (AvgIpc) is 2.46. The van der Waals surface area contributed by atoms with Gasteiger partial charge in [-0.3, -0.25) is 20.2 Å². The van der Waals surface area contributed by atoms with Crippen LogP contribution in [0.1, 0.15) is 0 Å². The summed E-state index contributed by atoms with van der Waals surface area (Å²) in [5.74, 6) is 5.59. The second kappa shape index (κ2) is 7.89. The number of methoxy groups -OCH3 is 1. The zero-order valence-electron chi connectivity index (χ0n) is 11.7. The summed E-state index contributed by atoms with van der Waals surface area (Å²) >= 11 is 3.27. The van der Waals surface area contributed by atoms with Gasteiger partial charge in [-0.05, 0) is 22.0 Å². The number of nitrogen functional groups attached to an aromatic ring is 1. The van der Waals surface area contributed by atoms with Crippen molar-refractivity contribution >= 4 is 27.3 Å². The number of non-ortho nitro benzene ring substituents is 1. The van der Waals surface area contributed by atoms with Crippen LogP contribution in [-0.2, 0) is 0 Å². The molecule has 23 heavy (non-hydrogen) atoms. The van der Waals surface area contributed by atoms with Crippen LogP contribution in [0.15, 0.2) is 41.1 Å². The Morgan fingerprint density at radius 3 is 2.35 bits per heavy atom. The lowest BCUT2D eigenvalue weighted by Crippen LogP contribution is -2.43. The molecule has 0 bridgehead atoms. The molecule has 1 heterocycles. The van der Waals surface area contributed by atoms with E-state index < -0.39 is 27.0 Å². The summed E-state index contributed by atoms with van der Waals surface area (Å²) in [4.78, 5) is 18.7. The zero-order chi connectivity index (χ0) is 17.6. The van der Waals surface area contributed by atoms with Crippen LogP contribution in [-0.4, -0.2) is 22.1 Å². The number of nitrogens with two attached hydrogens (primary N) is 1. The second-order valence-electron chi connectivity index (χ2n) is 4.03. The molecule has 0 atom stereocenters. The Bertz CT molecular complexity index is 719. The summed E-state index contributed by atoms with van der Waals surface area (Å²) in [6, 6.07) is 4.44. The van der Waals surface area contributed by atoms with Gasteiger partial charge >= 0.3 is 5.69 Å². The third-order valence-corrected chi connectivity index (χ3v) is 2.86. The minimum absolute atomic E-state index is 0.426. The summed E-state index contributed by atoms with van der Waals surface area (Å²) < 4.78 is 7.28. The molecule has 0 aliphatic carbocycles. The van der Waals surface area contributed by atoms with Crippen molar-refractivity contribution in [2.24, 2.45) is 0 Å². The Kier molecular flexibility index (Phi) is 6.21. The van der Waals surface area contributed by atoms with Gasteiger partial charge in [0.05, 0.1) is 27.5 Å². The van der Waals surface area contributed by atoms with Gasteiger partial charge in [-0.1, -0.05) is 4.68 Å². The minimum atomic E-state index is -0.887. The molecule has 0 saturated carbocycles. The molecule has 0 amide bonds. The summed E-state index contributed by atoms with van der Waals surface area (Å²) in [5, 5.41) is 29.3. The highest BCUT2D eigenvalue weighted by Crippen LogP contribution is 2.29. The monoisotopic (exact) mass is 387 g/mol. The first-order valence-electron chi connectivity index (χ1n) is 5.87. The summed E-state index contributed by atoms with van der Waals surface area (Å²) in [7, 11) is 1.60. The number of aromatic hydroxyl groups is 1. The molecule has 1 aromatic carbocycles. The van der Waals surface area contributed by atoms with Gasteiger partial charge in [0.1, 0.15) is 0 Å². The normalized spacial score (nSPS) is 9.48. The van der Waals surface area contributed by atoms with Gasteiger partial charge in [-0.15, -0.1) is 0 Å². The smallest absolute Gasteiger partial charge is 0.317 e. The molecule has 10 nitrogen and oxygen atoms in total. The number of nitro benzene ring substituents is 2. The summed E-state index contributed by atoms with van der Waals surface area (Å²) in [6.45, 7) is 0. The molecule has 3 N–H and O–H groups in total. The molecule has 0 spiro atoms. The van der Waals surface area contributed by atoms with E-state index in [1.54, 1.807) is 19.5 Å². The Labute approximate surface area is 138 Å². The number of hydrogen-bond donors (Lipinski definition) is 2. The number of ether oxygens (including phenoxy) is 1. The predicted octanol–water partition coefficient (Wildman–Crippen LogP) is 1.67. The lowest BCUT2D eigenvalue weighted by atomic mass is 10.2. The summed E-state index contributed by atoms with van der Waals surface area (Å²) in [6.07, 6.45) is 3.42. The molecule has 0 aliphatic rings. The molecule has 0 fully saturated rings. The largest absolute Gasteiger partial charge is 0.502 e. The van der Waals surface area contributed by atoms with E-state index in [1.807, 2.05) is 6.07 Å². The van der Waals surface area contributed by atoms with E-state index in [9.17, 15) is 20.2 Å². The van der Waals surface area contributed by atoms with Crippen LogP contribution in [0.25, 0.3) is 0 Å². The maximum Gasteiger partial charge on any atom is 0.317 e. The standard InChI is InChI=1S/C6H8BrN2O.C6H4N2O5/c1-10-6-2-5(7)3-9(8)4-6;9-6-2-1-4(7(10)11)3-5(6)8(12)13/h2-4H,8H2,1H3;1-3,9H/q+1;. The number of nitrogens with zero attached hydrogens (tertiary/aromatic N) is 3. The average molecular weight is 388 g/mol. The second-order valence-corrected chi connectivity index (χ2v) is 4.94. The van der Waals surface area contributed by atoms with E-state index in [2.05, 4.69) is 15.9 Å². The van der Waals surface area contributed by atoms with Crippen molar-refractivity contribution in [1.29, 1.82) is 0 Å². The Morgan fingerprint density at radius 1 is 1.22 bits per heavy atom. The van der Waals surface area contributed by atoms with E-state index in [-0.39, 0.29) is 0 Å². The Morgan fingerprint density at radius 2 is 1.87 bits per heavy atom.